The molecule has 0 aliphatic rings. The quantitative estimate of drug-likeness (QED) is 0.144. The zero-order valence-corrected chi connectivity index (χ0v) is 25.7. The lowest BCUT2D eigenvalue weighted by molar-refractivity contribution is -0.138. The minimum absolute atomic E-state index is 0.0576. The number of nitrogens with two attached hydrogens (primary N) is 1. The standard InChI is InChI=1S/C30H28Cl2F2N4O4S/c1-30(2,16-4-9-21(31)25(10-16)42-3)26-14-36-29(38(26)19-7-5-17(33)6-8-19)43-15-20-22(32)11-18(12-23(20)34)37-24(28(35)41)13-27(39)40/h4-12,14,24,37H,13,15H2,1-3H3,(H2,35,41)(H,39,40)/t24-/m0/s1. The molecule has 0 bridgehead atoms. The van der Waals surface area contributed by atoms with Gasteiger partial charge in [-0.2, -0.15) is 0 Å². The van der Waals surface area contributed by atoms with Crippen molar-refractivity contribution in [2.45, 2.75) is 42.6 Å². The number of thioether (sulfide) groups is 1. The number of aromatic nitrogens is 2. The Bertz CT molecular complexity index is 1640. The first kappa shape index (κ1) is 32.1. The number of halogens is 4. The predicted octanol–water partition coefficient (Wildman–Crippen LogP) is 6.82. The molecule has 0 radical (unpaired) electrons. The van der Waals surface area contributed by atoms with E-state index in [2.05, 4.69) is 10.3 Å². The highest BCUT2D eigenvalue weighted by atomic mass is 35.5. The van der Waals surface area contributed by atoms with Crippen molar-refractivity contribution >= 4 is 52.5 Å². The van der Waals surface area contributed by atoms with Crippen LogP contribution in [0.3, 0.4) is 0 Å². The fourth-order valence-electron chi connectivity index (χ4n) is 4.47. The lowest BCUT2D eigenvalue weighted by Gasteiger charge is -2.28. The van der Waals surface area contributed by atoms with Crippen LogP contribution in [0.15, 0.2) is 66.0 Å². The molecule has 0 unspecified atom stereocenters. The number of methoxy groups -OCH3 is 1. The first-order valence-electron chi connectivity index (χ1n) is 12.9. The molecule has 4 N–H and O–H groups in total. The van der Waals surface area contributed by atoms with Crippen molar-refractivity contribution in [2.24, 2.45) is 5.73 Å². The summed E-state index contributed by atoms with van der Waals surface area (Å²) in [5, 5.41) is 12.7. The molecule has 13 heteroatoms. The number of rotatable bonds is 12. The summed E-state index contributed by atoms with van der Waals surface area (Å²) in [7, 11) is 1.54. The van der Waals surface area contributed by atoms with Gasteiger partial charge in [0.1, 0.15) is 23.4 Å². The number of anilines is 1. The van der Waals surface area contributed by atoms with Crippen LogP contribution in [0.5, 0.6) is 5.75 Å². The number of imidazole rings is 1. The summed E-state index contributed by atoms with van der Waals surface area (Å²) >= 11 is 13.9. The van der Waals surface area contributed by atoms with E-state index in [1.807, 2.05) is 30.5 Å². The maximum Gasteiger partial charge on any atom is 0.305 e. The second-order valence-corrected chi connectivity index (χ2v) is 11.9. The SMILES string of the molecule is COc1cc(C(C)(C)c2cnc(SCc3c(F)cc(N[C@@H](CC(=O)O)C(N)=O)cc3Cl)n2-c2ccc(F)cc2)ccc1Cl. The summed E-state index contributed by atoms with van der Waals surface area (Å²) < 4.78 is 36.4. The molecule has 8 nitrogen and oxygen atoms in total. The van der Waals surface area contributed by atoms with Gasteiger partial charge in [-0.3, -0.25) is 14.2 Å². The van der Waals surface area contributed by atoms with Crippen molar-refractivity contribution in [3.8, 4) is 11.4 Å². The maximum atomic E-state index is 15.3. The fraction of sp³-hybridized carbons (Fsp3) is 0.233. The Hall–Kier alpha value is -3.80. The van der Waals surface area contributed by atoms with Crippen LogP contribution in [0.25, 0.3) is 5.69 Å². The third-order valence-corrected chi connectivity index (χ3v) is 8.51. The van der Waals surface area contributed by atoms with Crippen LogP contribution in [-0.4, -0.2) is 39.7 Å². The molecule has 1 atom stereocenters. The number of nitrogens with one attached hydrogen (secondary N) is 1. The molecule has 0 saturated heterocycles. The molecular weight excluding hydrogens is 621 g/mol. The Balaban J connectivity index is 1.68. The number of nitrogens with zero attached hydrogens (tertiary/aromatic N) is 2. The molecule has 4 aromatic rings. The van der Waals surface area contributed by atoms with Gasteiger partial charge in [-0.25, -0.2) is 13.8 Å². The van der Waals surface area contributed by atoms with E-state index in [4.69, 9.17) is 38.8 Å². The highest BCUT2D eigenvalue weighted by Gasteiger charge is 2.30. The van der Waals surface area contributed by atoms with Crippen molar-refractivity contribution in [2.75, 3.05) is 12.4 Å². The molecule has 43 heavy (non-hydrogen) atoms. The zero-order valence-electron chi connectivity index (χ0n) is 23.3. The third kappa shape index (κ3) is 7.23. The van der Waals surface area contributed by atoms with Crippen molar-refractivity contribution in [1.82, 2.24) is 9.55 Å². The molecule has 0 aliphatic carbocycles. The van der Waals surface area contributed by atoms with Crippen LogP contribution in [-0.2, 0) is 20.8 Å². The minimum Gasteiger partial charge on any atom is -0.495 e. The number of carbonyl (C=O) groups is 2. The van der Waals surface area contributed by atoms with Gasteiger partial charge < -0.3 is 20.9 Å². The molecular formula is C30H28Cl2F2N4O4S. The number of hydrogen-bond donors (Lipinski definition) is 3. The van der Waals surface area contributed by atoms with Gasteiger partial charge in [-0.1, -0.05) is 54.9 Å². The monoisotopic (exact) mass is 648 g/mol. The van der Waals surface area contributed by atoms with Gasteiger partial charge in [0.15, 0.2) is 5.16 Å². The fourth-order valence-corrected chi connectivity index (χ4v) is 6.05. The summed E-state index contributed by atoms with van der Waals surface area (Å²) in [6.07, 6.45) is 1.13. The number of carboxylic acids is 1. The Morgan fingerprint density at radius 1 is 1.12 bits per heavy atom. The van der Waals surface area contributed by atoms with E-state index >= 15 is 4.39 Å². The van der Waals surface area contributed by atoms with Gasteiger partial charge in [-0.05, 0) is 54.1 Å². The summed E-state index contributed by atoms with van der Waals surface area (Å²) in [4.78, 5) is 27.3. The van der Waals surface area contributed by atoms with Crippen LogP contribution < -0.4 is 15.8 Å². The van der Waals surface area contributed by atoms with E-state index in [9.17, 15) is 14.0 Å². The molecule has 0 saturated carbocycles. The van der Waals surface area contributed by atoms with Crippen molar-refractivity contribution in [1.29, 1.82) is 0 Å². The van der Waals surface area contributed by atoms with Gasteiger partial charge in [0, 0.05) is 33.1 Å². The first-order valence-corrected chi connectivity index (χ1v) is 14.6. The van der Waals surface area contributed by atoms with E-state index in [1.54, 1.807) is 24.4 Å². The van der Waals surface area contributed by atoms with Crippen molar-refractivity contribution < 1.29 is 28.2 Å². The number of ether oxygens (including phenoxy) is 1. The van der Waals surface area contributed by atoms with E-state index in [1.165, 1.54) is 37.1 Å². The molecule has 3 aromatic carbocycles. The maximum absolute atomic E-state index is 15.3. The van der Waals surface area contributed by atoms with Gasteiger partial charge in [0.05, 0.1) is 30.4 Å². The van der Waals surface area contributed by atoms with Crippen molar-refractivity contribution in [3.05, 3.63) is 99.3 Å². The number of amides is 1. The largest absolute Gasteiger partial charge is 0.495 e. The number of hydrogen-bond acceptors (Lipinski definition) is 6. The number of carboxylic acid groups (broad SMARTS) is 1. The average Bonchev–Trinajstić information content (AvgIpc) is 3.37. The topological polar surface area (TPSA) is 119 Å². The van der Waals surface area contributed by atoms with E-state index in [-0.39, 0.29) is 22.0 Å². The lowest BCUT2D eigenvalue weighted by atomic mass is 9.81. The van der Waals surface area contributed by atoms with E-state index < -0.39 is 41.4 Å². The summed E-state index contributed by atoms with van der Waals surface area (Å²) in [6.45, 7) is 4.01. The normalized spacial score (nSPS) is 12.2. The Labute approximate surface area is 261 Å². The van der Waals surface area contributed by atoms with Crippen LogP contribution >= 0.6 is 35.0 Å². The van der Waals surface area contributed by atoms with Crippen LogP contribution in [0.4, 0.5) is 14.5 Å². The molecule has 0 spiro atoms. The Morgan fingerprint density at radius 3 is 2.42 bits per heavy atom. The smallest absolute Gasteiger partial charge is 0.305 e. The Kier molecular flexibility index (Phi) is 9.89. The lowest BCUT2D eigenvalue weighted by Crippen LogP contribution is -2.37. The summed E-state index contributed by atoms with van der Waals surface area (Å²) in [6, 6.07) is 12.7. The summed E-state index contributed by atoms with van der Waals surface area (Å²) in [5.41, 5.74) is 7.24. The molecule has 4 rings (SSSR count). The number of benzene rings is 3. The van der Waals surface area contributed by atoms with Crippen LogP contribution in [0.2, 0.25) is 10.0 Å². The minimum atomic E-state index is -1.25. The van der Waals surface area contributed by atoms with Gasteiger partial charge in [0.25, 0.3) is 0 Å². The van der Waals surface area contributed by atoms with Crippen LogP contribution in [0, 0.1) is 11.6 Å². The highest BCUT2D eigenvalue weighted by molar-refractivity contribution is 7.98. The number of primary amides is 1. The molecule has 226 valence electrons. The van der Waals surface area contributed by atoms with Gasteiger partial charge in [-0.15, -0.1) is 0 Å². The van der Waals surface area contributed by atoms with Gasteiger partial charge >= 0.3 is 5.97 Å². The molecule has 1 heterocycles. The third-order valence-electron chi connectivity index (χ3n) is 6.88. The second-order valence-electron chi connectivity index (χ2n) is 10.1. The first-order chi connectivity index (χ1) is 20.3. The molecule has 1 amide bonds. The highest BCUT2D eigenvalue weighted by Crippen LogP contribution is 2.40. The zero-order chi connectivity index (χ0) is 31.5. The van der Waals surface area contributed by atoms with E-state index in [0.29, 0.717) is 21.6 Å². The number of aliphatic carboxylic acids is 1. The van der Waals surface area contributed by atoms with Gasteiger partial charge in [0.2, 0.25) is 5.91 Å². The Morgan fingerprint density at radius 2 is 1.81 bits per heavy atom. The van der Waals surface area contributed by atoms with Crippen molar-refractivity contribution in [3.63, 3.8) is 0 Å². The molecule has 0 fully saturated rings. The van der Waals surface area contributed by atoms with Crippen LogP contribution in [0.1, 0.15) is 37.1 Å². The second kappa shape index (κ2) is 13.2. The number of carbonyl (C=O) groups excluding carboxylic acids is 1. The average molecular weight is 650 g/mol. The molecule has 1 aromatic heterocycles. The predicted molar refractivity (Wildman–Crippen MR) is 163 cm³/mol. The van der Waals surface area contributed by atoms with E-state index in [0.717, 1.165) is 17.3 Å². The molecule has 0 aliphatic heterocycles. The summed E-state index contributed by atoms with van der Waals surface area (Å²) in [5.74, 6) is -2.62.